The van der Waals surface area contributed by atoms with E-state index in [4.69, 9.17) is 5.73 Å². The van der Waals surface area contributed by atoms with Crippen LogP contribution in [0.3, 0.4) is 0 Å². The molecule has 5 nitrogen and oxygen atoms in total. The predicted molar refractivity (Wildman–Crippen MR) is 89.3 cm³/mol. The Labute approximate surface area is 132 Å². The first-order valence-electron chi connectivity index (χ1n) is 6.20. The van der Waals surface area contributed by atoms with Crippen LogP contribution in [0, 0.1) is 6.92 Å². The van der Waals surface area contributed by atoms with Crippen molar-refractivity contribution in [1.29, 1.82) is 0 Å². The van der Waals surface area contributed by atoms with E-state index in [2.05, 4.69) is 26.0 Å². The molecule has 0 aliphatic rings. The third kappa shape index (κ3) is 3.55. The van der Waals surface area contributed by atoms with Crippen molar-refractivity contribution in [2.75, 3.05) is 18.1 Å². The molecule has 21 heavy (non-hydrogen) atoms. The molecule has 0 fully saturated rings. The minimum atomic E-state index is -3.50. The zero-order valence-electron chi connectivity index (χ0n) is 11.6. The molecule has 0 bridgehead atoms. The molecule has 0 saturated heterocycles. The van der Waals surface area contributed by atoms with Crippen molar-refractivity contribution in [1.82, 2.24) is 4.72 Å². The second-order valence-corrected chi connectivity index (χ2v) is 7.34. The third-order valence-corrected chi connectivity index (χ3v) is 4.97. The van der Waals surface area contributed by atoms with E-state index in [0.29, 0.717) is 11.4 Å². The van der Waals surface area contributed by atoms with Crippen LogP contribution in [-0.2, 0) is 10.0 Å². The maximum absolute atomic E-state index is 11.8. The predicted octanol–water partition coefficient (Wildman–Crippen LogP) is 2.99. The monoisotopic (exact) mass is 369 g/mol. The first-order chi connectivity index (χ1) is 9.83. The minimum absolute atomic E-state index is 0.163. The number of benzene rings is 2. The number of rotatable bonds is 4. The Morgan fingerprint density at radius 2 is 1.81 bits per heavy atom. The number of hydrogen-bond donors (Lipinski definition) is 3. The molecule has 0 saturated carbocycles. The lowest BCUT2D eigenvalue weighted by Crippen LogP contribution is -2.18. The molecule has 7 heteroatoms. The molecule has 0 amide bonds. The highest BCUT2D eigenvalue weighted by Gasteiger charge is 2.13. The quantitative estimate of drug-likeness (QED) is 0.723. The van der Waals surface area contributed by atoms with Crippen molar-refractivity contribution < 1.29 is 8.42 Å². The second kappa shape index (κ2) is 6.05. The average Bonchev–Trinajstić information content (AvgIpc) is 2.43. The summed E-state index contributed by atoms with van der Waals surface area (Å²) >= 11 is 3.40. The Hall–Kier alpha value is -1.57. The molecule has 0 unspecified atom stereocenters. The molecule has 0 aromatic heterocycles. The van der Waals surface area contributed by atoms with Crippen molar-refractivity contribution in [3.63, 3.8) is 0 Å². The van der Waals surface area contributed by atoms with Gasteiger partial charge in [-0.25, -0.2) is 13.1 Å². The van der Waals surface area contributed by atoms with Gasteiger partial charge < -0.3 is 11.1 Å². The lowest BCUT2D eigenvalue weighted by molar-refractivity contribution is 0.588. The normalized spacial score (nSPS) is 11.4. The van der Waals surface area contributed by atoms with E-state index in [1.165, 1.54) is 19.2 Å². The maximum atomic E-state index is 11.8. The molecule has 0 spiro atoms. The van der Waals surface area contributed by atoms with Crippen molar-refractivity contribution in [2.24, 2.45) is 0 Å². The molecular formula is C14H16BrN3O2S. The lowest BCUT2D eigenvalue weighted by Gasteiger charge is -2.13. The topological polar surface area (TPSA) is 84.2 Å². The molecule has 0 atom stereocenters. The van der Waals surface area contributed by atoms with Crippen LogP contribution in [0.15, 0.2) is 45.8 Å². The molecule has 0 heterocycles. The van der Waals surface area contributed by atoms with Crippen LogP contribution in [0.1, 0.15) is 5.56 Å². The second-order valence-electron chi connectivity index (χ2n) is 4.54. The summed E-state index contributed by atoms with van der Waals surface area (Å²) in [6.07, 6.45) is 0. The van der Waals surface area contributed by atoms with Crippen LogP contribution < -0.4 is 15.8 Å². The molecule has 2 aromatic rings. The summed E-state index contributed by atoms with van der Waals surface area (Å²) in [5, 5.41) is 3.17. The largest absolute Gasteiger partial charge is 0.397 e. The van der Waals surface area contributed by atoms with Crippen LogP contribution in [0.4, 0.5) is 17.1 Å². The minimum Gasteiger partial charge on any atom is -0.397 e. The fraction of sp³-hybridized carbons (Fsp3) is 0.143. The van der Waals surface area contributed by atoms with Gasteiger partial charge in [0.15, 0.2) is 0 Å². The van der Waals surface area contributed by atoms with E-state index in [1.807, 2.05) is 25.1 Å². The molecule has 0 aliphatic carbocycles. The van der Waals surface area contributed by atoms with Gasteiger partial charge in [0, 0.05) is 10.2 Å². The van der Waals surface area contributed by atoms with Gasteiger partial charge in [-0.3, -0.25) is 0 Å². The smallest absolute Gasteiger partial charge is 0.240 e. The molecule has 2 aromatic carbocycles. The summed E-state index contributed by atoms with van der Waals surface area (Å²) in [7, 11) is -2.13. The van der Waals surface area contributed by atoms with Crippen LogP contribution >= 0.6 is 15.9 Å². The Balaban J connectivity index is 2.42. The van der Waals surface area contributed by atoms with Gasteiger partial charge in [-0.05, 0) is 55.9 Å². The fourth-order valence-corrected chi connectivity index (χ4v) is 3.07. The number of nitrogens with one attached hydrogen (secondary N) is 2. The van der Waals surface area contributed by atoms with Crippen molar-refractivity contribution >= 4 is 43.0 Å². The van der Waals surface area contributed by atoms with Gasteiger partial charge in [-0.2, -0.15) is 0 Å². The average molecular weight is 370 g/mol. The van der Waals surface area contributed by atoms with Gasteiger partial charge in [0.05, 0.1) is 16.3 Å². The standard InChI is InChI=1S/C14H16BrN3O2S/c1-9-7-10(15)3-6-13(9)18-14-8-11(4-5-12(14)16)21(19,20)17-2/h3-8,17-18H,16H2,1-2H3. The number of nitrogen functional groups attached to an aromatic ring is 1. The molecule has 0 radical (unpaired) electrons. The first-order valence-corrected chi connectivity index (χ1v) is 8.47. The number of nitrogens with two attached hydrogens (primary N) is 1. The highest BCUT2D eigenvalue weighted by atomic mass is 79.9. The zero-order chi connectivity index (χ0) is 15.6. The van der Waals surface area contributed by atoms with E-state index >= 15 is 0 Å². The molecule has 2 rings (SSSR count). The Morgan fingerprint density at radius 3 is 2.43 bits per heavy atom. The number of sulfonamides is 1. The van der Waals surface area contributed by atoms with E-state index < -0.39 is 10.0 Å². The van der Waals surface area contributed by atoms with Crippen molar-refractivity contribution in [2.45, 2.75) is 11.8 Å². The summed E-state index contributed by atoms with van der Waals surface area (Å²) in [6, 6.07) is 10.3. The summed E-state index contributed by atoms with van der Waals surface area (Å²) in [6.45, 7) is 1.96. The van der Waals surface area contributed by atoms with E-state index in [0.717, 1.165) is 15.7 Å². The van der Waals surface area contributed by atoms with Gasteiger partial charge in [-0.1, -0.05) is 15.9 Å². The summed E-state index contributed by atoms with van der Waals surface area (Å²) in [5.74, 6) is 0. The Morgan fingerprint density at radius 1 is 1.10 bits per heavy atom. The summed E-state index contributed by atoms with van der Waals surface area (Å²) in [4.78, 5) is 0.163. The number of anilines is 3. The van der Waals surface area contributed by atoms with Crippen LogP contribution in [0.2, 0.25) is 0 Å². The highest BCUT2D eigenvalue weighted by Crippen LogP contribution is 2.29. The Bertz CT molecular complexity index is 776. The van der Waals surface area contributed by atoms with Crippen molar-refractivity contribution in [3.05, 3.63) is 46.4 Å². The van der Waals surface area contributed by atoms with Gasteiger partial charge in [-0.15, -0.1) is 0 Å². The van der Waals surface area contributed by atoms with Gasteiger partial charge in [0.1, 0.15) is 0 Å². The van der Waals surface area contributed by atoms with Gasteiger partial charge in [0.2, 0.25) is 10.0 Å². The molecule has 4 N–H and O–H groups in total. The summed E-state index contributed by atoms with van der Waals surface area (Å²) < 4.78 is 26.9. The van der Waals surface area contributed by atoms with E-state index in [1.54, 1.807) is 6.07 Å². The van der Waals surface area contributed by atoms with Gasteiger partial charge in [0.25, 0.3) is 0 Å². The molecular weight excluding hydrogens is 354 g/mol. The van der Waals surface area contributed by atoms with E-state index in [9.17, 15) is 8.42 Å². The van der Waals surface area contributed by atoms with Crippen LogP contribution in [-0.4, -0.2) is 15.5 Å². The fourth-order valence-electron chi connectivity index (χ4n) is 1.84. The van der Waals surface area contributed by atoms with Crippen LogP contribution in [0.5, 0.6) is 0 Å². The van der Waals surface area contributed by atoms with Gasteiger partial charge >= 0.3 is 0 Å². The highest BCUT2D eigenvalue weighted by molar-refractivity contribution is 9.10. The maximum Gasteiger partial charge on any atom is 0.240 e. The van der Waals surface area contributed by atoms with Crippen LogP contribution in [0.25, 0.3) is 0 Å². The molecule has 0 aliphatic heterocycles. The first kappa shape index (κ1) is 15.8. The number of hydrogen-bond acceptors (Lipinski definition) is 4. The zero-order valence-corrected chi connectivity index (χ0v) is 14.0. The number of aryl methyl sites for hydroxylation is 1. The van der Waals surface area contributed by atoms with Crippen molar-refractivity contribution in [3.8, 4) is 0 Å². The summed E-state index contributed by atoms with van der Waals surface area (Å²) in [5.41, 5.74) is 8.83. The molecule has 112 valence electrons. The van der Waals surface area contributed by atoms with E-state index in [-0.39, 0.29) is 4.90 Å². The Kier molecular flexibility index (Phi) is 4.55. The SMILES string of the molecule is CNS(=O)(=O)c1ccc(N)c(Nc2ccc(Br)cc2C)c1. The lowest BCUT2D eigenvalue weighted by atomic mass is 10.2. The number of halogens is 1. The third-order valence-electron chi connectivity index (χ3n) is 3.06.